The van der Waals surface area contributed by atoms with Gasteiger partial charge in [-0.25, -0.2) is 4.98 Å². The number of pyridine rings is 1. The number of nitrogens with one attached hydrogen (secondary N) is 1. The topological polar surface area (TPSA) is 51.2 Å². The third-order valence-electron chi connectivity index (χ3n) is 5.42. The summed E-state index contributed by atoms with van der Waals surface area (Å²) in [5.41, 5.74) is 3.69. The molecule has 28 heavy (non-hydrogen) atoms. The van der Waals surface area contributed by atoms with Crippen LogP contribution >= 0.6 is 0 Å². The minimum atomic E-state index is -0.340. The summed E-state index contributed by atoms with van der Waals surface area (Å²) in [6.45, 7) is 6.52. The second-order valence-electron chi connectivity index (χ2n) is 8.63. The Balaban J connectivity index is 1.87. The molecule has 4 heteroatoms. The molecule has 1 unspecified atom stereocenters. The van der Waals surface area contributed by atoms with Crippen LogP contribution in [0.2, 0.25) is 0 Å². The Bertz CT molecular complexity index is 817. The molecule has 3 rings (SSSR count). The number of aromatic nitrogens is 1. The van der Waals surface area contributed by atoms with Crippen LogP contribution in [0.3, 0.4) is 0 Å². The molecule has 1 heterocycles. The zero-order chi connectivity index (χ0) is 20.1. The summed E-state index contributed by atoms with van der Waals surface area (Å²) >= 11 is 0. The summed E-state index contributed by atoms with van der Waals surface area (Å²) in [4.78, 5) is 17.9. The zero-order valence-corrected chi connectivity index (χ0v) is 17.5. The van der Waals surface area contributed by atoms with Crippen LogP contribution in [0.5, 0.6) is 5.88 Å². The molecular formula is C24H32N2O2. The number of hydrogen-bond acceptors (Lipinski definition) is 3. The lowest BCUT2D eigenvalue weighted by molar-refractivity contribution is 0.0890. The lowest BCUT2D eigenvalue weighted by atomic mass is 9.84. The standard InChI is InChI=1S/C24H32N2O2/c1-17(2)15-24(3,16-18-10-6-5-7-11-18)26-22(27)20-14-19-12-8-9-13-21(19)25-23(20)28-4/h5-7,10-11,14,17H,8-9,12-13,15-16H2,1-4H3,(H,26,27). The number of aryl methyl sites for hydroxylation is 2. The van der Waals surface area contributed by atoms with Crippen molar-refractivity contribution in [2.45, 2.75) is 64.8 Å². The largest absolute Gasteiger partial charge is 0.480 e. The number of ether oxygens (including phenoxy) is 1. The van der Waals surface area contributed by atoms with Crippen LogP contribution in [0.15, 0.2) is 36.4 Å². The minimum Gasteiger partial charge on any atom is -0.480 e. The molecule has 1 aliphatic carbocycles. The maximum atomic E-state index is 13.3. The summed E-state index contributed by atoms with van der Waals surface area (Å²) < 4.78 is 5.47. The van der Waals surface area contributed by atoms with Crippen molar-refractivity contribution in [2.75, 3.05) is 7.11 Å². The highest BCUT2D eigenvalue weighted by Crippen LogP contribution is 2.28. The van der Waals surface area contributed by atoms with E-state index in [0.717, 1.165) is 44.2 Å². The number of methoxy groups -OCH3 is 1. The van der Waals surface area contributed by atoms with Gasteiger partial charge >= 0.3 is 0 Å². The fourth-order valence-electron chi connectivity index (χ4n) is 4.39. The second kappa shape index (κ2) is 8.76. The SMILES string of the molecule is COc1nc2c(cc1C(=O)NC(C)(Cc1ccccc1)CC(C)C)CCCC2. The Morgan fingerprint density at radius 2 is 1.93 bits per heavy atom. The average molecular weight is 381 g/mol. The predicted molar refractivity (Wildman–Crippen MR) is 113 cm³/mol. The maximum Gasteiger partial charge on any atom is 0.257 e. The summed E-state index contributed by atoms with van der Waals surface area (Å²) in [7, 11) is 1.59. The van der Waals surface area contributed by atoms with E-state index in [0.29, 0.717) is 17.4 Å². The van der Waals surface area contributed by atoms with Gasteiger partial charge in [0.05, 0.1) is 7.11 Å². The van der Waals surface area contributed by atoms with E-state index in [1.54, 1.807) is 7.11 Å². The number of carbonyl (C=O) groups excluding carboxylic acids is 1. The average Bonchev–Trinajstić information content (AvgIpc) is 2.66. The van der Waals surface area contributed by atoms with Crippen LogP contribution < -0.4 is 10.1 Å². The summed E-state index contributed by atoms with van der Waals surface area (Å²) in [5, 5.41) is 3.31. The molecule has 0 saturated carbocycles. The van der Waals surface area contributed by atoms with Gasteiger partial charge in [0.25, 0.3) is 5.91 Å². The maximum absolute atomic E-state index is 13.3. The van der Waals surface area contributed by atoms with Crippen molar-refractivity contribution < 1.29 is 9.53 Å². The van der Waals surface area contributed by atoms with Crippen molar-refractivity contribution in [1.29, 1.82) is 0 Å². The monoisotopic (exact) mass is 380 g/mol. The van der Waals surface area contributed by atoms with E-state index in [1.807, 2.05) is 24.3 Å². The number of nitrogens with zero attached hydrogens (tertiary/aromatic N) is 1. The number of rotatable bonds is 7. The van der Waals surface area contributed by atoms with Crippen molar-refractivity contribution in [2.24, 2.45) is 5.92 Å². The van der Waals surface area contributed by atoms with Crippen molar-refractivity contribution in [3.63, 3.8) is 0 Å². The molecule has 1 aromatic carbocycles. The molecule has 4 nitrogen and oxygen atoms in total. The molecule has 1 aromatic heterocycles. The number of benzene rings is 1. The molecule has 1 amide bonds. The third kappa shape index (κ3) is 4.92. The number of fused-ring (bicyclic) bond motifs is 1. The Morgan fingerprint density at radius 1 is 1.21 bits per heavy atom. The lowest BCUT2D eigenvalue weighted by Gasteiger charge is -2.33. The van der Waals surface area contributed by atoms with Crippen LogP contribution in [-0.4, -0.2) is 23.5 Å². The first-order valence-corrected chi connectivity index (χ1v) is 10.3. The van der Waals surface area contributed by atoms with Gasteiger partial charge in [-0.3, -0.25) is 4.79 Å². The number of hydrogen-bond donors (Lipinski definition) is 1. The summed E-state index contributed by atoms with van der Waals surface area (Å²) in [6, 6.07) is 12.3. The van der Waals surface area contributed by atoms with Gasteiger partial charge in [0, 0.05) is 11.2 Å². The van der Waals surface area contributed by atoms with Gasteiger partial charge in [-0.15, -0.1) is 0 Å². The van der Waals surface area contributed by atoms with Crippen molar-refractivity contribution >= 4 is 5.91 Å². The van der Waals surface area contributed by atoms with Crippen molar-refractivity contribution in [1.82, 2.24) is 10.3 Å². The van der Waals surface area contributed by atoms with Gasteiger partial charge in [0.15, 0.2) is 0 Å². The minimum absolute atomic E-state index is 0.100. The molecule has 0 bridgehead atoms. The summed E-state index contributed by atoms with van der Waals surface area (Å²) in [6.07, 6.45) is 5.94. The molecule has 1 aliphatic rings. The highest BCUT2D eigenvalue weighted by Gasteiger charge is 2.30. The van der Waals surface area contributed by atoms with Crippen molar-refractivity contribution in [3.8, 4) is 5.88 Å². The smallest absolute Gasteiger partial charge is 0.257 e. The molecule has 0 radical (unpaired) electrons. The molecule has 0 spiro atoms. The second-order valence-corrected chi connectivity index (χ2v) is 8.63. The van der Waals surface area contributed by atoms with Crippen LogP contribution in [0.4, 0.5) is 0 Å². The highest BCUT2D eigenvalue weighted by molar-refractivity contribution is 5.97. The normalized spacial score (nSPS) is 15.6. The van der Waals surface area contributed by atoms with Gasteiger partial charge in [0.1, 0.15) is 5.56 Å². The molecule has 150 valence electrons. The van der Waals surface area contributed by atoms with Crippen molar-refractivity contribution in [3.05, 3.63) is 58.8 Å². The van der Waals surface area contributed by atoms with Gasteiger partial charge in [0.2, 0.25) is 5.88 Å². The van der Waals surface area contributed by atoms with E-state index in [2.05, 4.69) is 43.2 Å². The fraction of sp³-hybridized carbons (Fsp3) is 0.500. The van der Waals surface area contributed by atoms with Gasteiger partial charge < -0.3 is 10.1 Å². The van der Waals surface area contributed by atoms with Gasteiger partial charge in [-0.2, -0.15) is 0 Å². The van der Waals surface area contributed by atoms with Crippen LogP contribution in [0.1, 0.15) is 67.2 Å². The first-order valence-electron chi connectivity index (χ1n) is 10.3. The molecule has 1 N–H and O–H groups in total. The van der Waals surface area contributed by atoms with E-state index >= 15 is 0 Å². The van der Waals surface area contributed by atoms with E-state index < -0.39 is 0 Å². The van der Waals surface area contributed by atoms with E-state index in [-0.39, 0.29) is 11.4 Å². The van der Waals surface area contributed by atoms with Crippen LogP contribution in [0, 0.1) is 5.92 Å². The number of carbonyl (C=O) groups is 1. The first kappa shape index (κ1) is 20.4. The Morgan fingerprint density at radius 3 is 2.61 bits per heavy atom. The molecule has 0 fully saturated rings. The van der Waals surface area contributed by atoms with Gasteiger partial charge in [-0.05, 0) is 68.6 Å². The molecule has 2 aromatic rings. The van der Waals surface area contributed by atoms with E-state index in [9.17, 15) is 4.79 Å². The highest BCUT2D eigenvalue weighted by atomic mass is 16.5. The fourth-order valence-corrected chi connectivity index (χ4v) is 4.39. The molecule has 0 aliphatic heterocycles. The molecule has 1 atom stereocenters. The van der Waals surface area contributed by atoms with Gasteiger partial charge in [-0.1, -0.05) is 44.2 Å². The van der Waals surface area contributed by atoms with E-state index in [4.69, 9.17) is 4.74 Å². The zero-order valence-electron chi connectivity index (χ0n) is 17.5. The first-order chi connectivity index (χ1) is 13.4. The summed E-state index contributed by atoms with van der Waals surface area (Å²) in [5.74, 6) is 0.805. The predicted octanol–water partition coefficient (Wildman–Crippen LogP) is 4.75. The van der Waals surface area contributed by atoms with E-state index in [1.165, 1.54) is 11.1 Å². The van der Waals surface area contributed by atoms with Crippen LogP contribution in [-0.2, 0) is 19.3 Å². The molecule has 0 saturated heterocycles. The Labute approximate surface area is 168 Å². The quantitative estimate of drug-likeness (QED) is 0.754. The molecular weight excluding hydrogens is 348 g/mol. The Kier molecular flexibility index (Phi) is 6.38. The Hall–Kier alpha value is -2.36. The van der Waals surface area contributed by atoms with Crippen LogP contribution in [0.25, 0.3) is 0 Å². The lowest BCUT2D eigenvalue weighted by Crippen LogP contribution is -2.48. The number of amides is 1. The third-order valence-corrected chi connectivity index (χ3v) is 5.42.